The molecule has 0 aromatic heterocycles. The van der Waals surface area contributed by atoms with Crippen LogP contribution in [0.15, 0.2) is 22.7 Å². The Morgan fingerprint density at radius 2 is 2.05 bits per heavy atom. The van der Waals surface area contributed by atoms with Crippen molar-refractivity contribution in [2.45, 2.75) is 52.1 Å². The van der Waals surface area contributed by atoms with Crippen LogP contribution >= 0.6 is 15.9 Å². The van der Waals surface area contributed by atoms with Crippen molar-refractivity contribution in [1.82, 2.24) is 5.32 Å². The van der Waals surface area contributed by atoms with Crippen molar-refractivity contribution in [3.63, 3.8) is 0 Å². The summed E-state index contributed by atoms with van der Waals surface area (Å²) in [5, 5.41) is 3.54. The van der Waals surface area contributed by atoms with Crippen LogP contribution < -0.4 is 10.1 Å². The first-order chi connectivity index (χ1) is 9.22. The Morgan fingerprint density at radius 1 is 1.32 bits per heavy atom. The summed E-state index contributed by atoms with van der Waals surface area (Å²) >= 11 is 3.61. The molecule has 1 N–H and O–H groups in total. The van der Waals surface area contributed by atoms with Gasteiger partial charge in [-0.15, -0.1) is 0 Å². The highest BCUT2D eigenvalue weighted by Gasteiger charge is 2.20. The van der Waals surface area contributed by atoms with Crippen molar-refractivity contribution in [2.75, 3.05) is 6.61 Å². The van der Waals surface area contributed by atoms with E-state index in [1.54, 1.807) is 0 Å². The summed E-state index contributed by atoms with van der Waals surface area (Å²) in [6.45, 7) is 6.20. The van der Waals surface area contributed by atoms with Gasteiger partial charge in [-0.05, 0) is 42.5 Å². The molecule has 0 amide bonds. The first-order valence-electron chi connectivity index (χ1n) is 7.37. The molecule has 106 valence electrons. The molecule has 0 heterocycles. The van der Waals surface area contributed by atoms with Gasteiger partial charge in [0.1, 0.15) is 5.75 Å². The number of hydrogen-bond donors (Lipinski definition) is 1. The molecule has 1 aliphatic rings. The van der Waals surface area contributed by atoms with E-state index in [-0.39, 0.29) is 0 Å². The van der Waals surface area contributed by atoms with Gasteiger partial charge in [0.2, 0.25) is 0 Å². The van der Waals surface area contributed by atoms with E-state index in [2.05, 4.69) is 47.2 Å². The van der Waals surface area contributed by atoms with E-state index in [4.69, 9.17) is 4.74 Å². The topological polar surface area (TPSA) is 21.3 Å². The largest absolute Gasteiger partial charge is 0.493 e. The van der Waals surface area contributed by atoms with E-state index in [9.17, 15) is 0 Å². The zero-order valence-corrected chi connectivity index (χ0v) is 13.5. The third-order valence-corrected chi connectivity index (χ3v) is 4.59. The van der Waals surface area contributed by atoms with Crippen LogP contribution in [0.5, 0.6) is 5.75 Å². The van der Waals surface area contributed by atoms with E-state index in [0.29, 0.717) is 5.92 Å². The molecule has 1 saturated carbocycles. The summed E-state index contributed by atoms with van der Waals surface area (Å²) in [7, 11) is 0. The number of halogens is 1. The Morgan fingerprint density at radius 3 is 2.68 bits per heavy atom. The lowest BCUT2D eigenvalue weighted by Crippen LogP contribution is -2.16. The zero-order chi connectivity index (χ0) is 13.7. The molecule has 0 saturated heterocycles. The maximum atomic E-state index is 5.92. The van der Waals surface area contributed by atoms with E-state index < -0.39 is 0 Å². The van der Waals surface area contributed by atoms with Gasteiger partial charge in [0.05, 0.1) is 6.61 Å². The molecule has 1 fully saturated rings. The molecule has 0 aliphatic heterocycles. The SMILES string of the molecule is CCC(CC)COc1ccc(Br)c(CNC2CC2)c1. The van der Waals surface area contributed by atoms with Gasteiger partial charge >= 0.3 is 0 Å². The maximum Gasteiger partial charge on any atom is 0.119 e. The first-order valence-corrected chi connectivity index (χ1v) is 8.16. The van der Waals surface area contributed by atoms with Crippen molar-refractivity contribution < 1.29 is 4.74 Å². The lowest BCUT2D eigenvalue weighted by Gasteiger charge is -2.15. The van der Waals surface area contributed by atoms with Crippen LogP contribution in [0.4, 0.5) is 0 Å². The highest BCUT2D eigenvalue weighted by molar-refractivity contribution is 9.10. The standard InChI is InChI=1S/C16H24BrNO/c1-3-12(4-2)11-19-15-7-8-16(17)13(9-15)10-18-14-5-6-14/h7-9,12,14,18H,3-6,10-11H2,1-2H3. The minimum atomic E-state index is 0.664. The Hall–Kier alpha value is -0.540. The highest BCUT2D eigenvalue weighted by Crippen LogP contribution is 2.25. The lowest BCUT2D eigenvalue weighted by atomic mass is 10.1. The highest BCUT2D eigenvalue weighted by atomic mass is 79.9. The fraction of sp³-hybridized carbons (Fsp3) is 0.625. The fourth-order valence-electron chi connectivity index (χ4n) is 2.06. The van der Waals surface area contributed by atoms with Crippen molar-refractivity contribution in [3.05, 3.63) is 28.2 Å². The number of ether oxygens (including phenoxy) is 1. The van der Waals surface area contributed by atoms with E-state index in [1.165, 1.54) is 31.2 Å². The average Bonchev–Trinajstić information content (AvgIpc) is 3.24. The molecule has 0 bridgehead atoms. The predicted octanol–water partition coefficient (Wildman–Crippen LogP) is 4.52. The summed E-state index contributed by atoms with van der Waals surface area (Å²) < 4.78 is 7.08. The van der Waals surface area contributed by atoms with Gasteiger partial charge in [0.15, 0.2) is 0 Å². The number of rotatable bonds is 8. The van der Waals surface area contributed by atoms with Gasteiger partial charge in [-0.1, -0.05) is 42.6 Å². The average molecular weight is 326 g/mol. The van der Waals surface area contributed by atoms with Crippen LogP contribution in [-0.4, -0.2) is 12.6 Å². The van der Waals surface area contributed by atoms with Gasteiger partial charge in [0, 0.05) is 17.1 Å². The molecular weight excluding hydrogens is 302 g/mol. The molecule has 2 nitrogen and oxygen atoms in total. The van der Waals surface area contributed by atoms with Crippen LogP contribution in [0.2, 0.25) is 0 Å². The molecule has 0 radical (unpaired) electrons. The van der Waals surface area contributed by atoms with Crippen LogP contribution in [0.1, 0.15) is 45.1 Å². The predicted molar refractivity (Wildman–Crippen MR) is 83.6 cm³/mol. The first kappa shape index (κ1) is 14.9. The minimum Gasteiger partial charge on any atom is -0.493 e. The molecule has 3 heteroatoms. The van der Waals surface area contributed by atoms with E-state index in [0.717, 1.165) is 29.4 Å². The van der Waals surface area contributed by atoms with E-state index >= 15 is 0 Å². The summed E-state index contributed by atoms with van der Waals surface area (Å²) in [5.74, 6) is 1.65. The Bertz CT molecular complexity index is 400. The van der Waals surface area contributed by atoms with Crippen molar-refractivity contribution in [1.29, 1.82) is 0 Å². The second-order valence-electron chi connectivity index (χ2n) is 5.40. The van der Waals surface area contributed by atoms with Crippen LogP contribution in [0, 0.1) is 5.92 Å². The second-order valence-corrected chi connectivity index (χ2v) is 6.26. The second kappa shape index (κ2) is 7.30. The smallest absolute Gasteiger partial charge is 0.119 e. The minimum absolute atomic E-state index is 0.664. The molecule has 1 aromatic rings. The molecule has 2 rings (SSSR count). The van der Waals surface area contributed by atoms with Gasteiger partial charge in [-0.2, -0.15) is 0 Å². The van der Waals surface area contributed by atoms with E-state index in [1.807, 2.05) is 6.07 Å². The quantitative estimate of drug-likeness (QED) is 0.758. The zero-order valence-electron chi connectivity index (χ0n) is 11.9. The summed E-state index contributed by atoms with van der Waals surface area (Å²) in [6, 6.07) is 7.03. The molecule has 0 unspecified atom stereocenters. The van der Waals surface area contributed by atoms with Crippen LogP contribution in [0.3, 0.4) is 0 Å². The molecule has 0 spiro atoms. The normalized spacial score (nSPS) is 14.9. The van der Waals surface area contributed by atoms with Gasteiger partial charge in [0.25, 0.3) is 0 Å². The third kappa shape index (κ3) is 4.81. The molecule has 0 atom stereocenters. The number of nitrogens with one attached hydrogen (secondary N) is 1. The molecule has 19 heavy (non-hydrogen) atoms. The van der Waals surface area contributed by atoms with Crippen molar-refractivity contribution in [3.8, 4) is 5.75 Å². The maximum absolute atomic E-state index is 5.92. The van der Waals surface area contributed by atoms with Gasteiger partial charge in [-0.25, -0.2) is 0 Å². The Labute approximate surface area is 125 Å². The molecule has 1 aromatic carbocycles. The van der Waals surface area contributed by atoms with Gasteiger partial charge < -0.3 is 10.1 Å². The molecular formula is C16H24BrNO. The summed E-state index contributed by atoms with van der Waals surface area (Å²) in [6.07, 6.45) is 5.01. The summed E-state index contributed by atoms with van der Waals surface area (Å²) in [5.41, 5.74) is 1.29. The Kier molecular flexibility index (Phi) is 5.71. The molecule has 1 aliphatic carbocycles. The van der Waals surface area contributed by atoms with Gasteiger partial charge in [-0.3, -0.25) is 0 Å². The van der Waals surface area contributed by atoms with Crippen molar-refractivity contribution in [2.24, 2.45) is 5.92 Å². The fourth-order valence-corrected chi connectivity index (χ4v) is 2.44. The van der Waals surface area contributed by atoms with Crippen LogP contribution in [0.25, 0.3) is 0 Å². The number of benzene rings is 1. The Balaban J connectivity index is 1.90. The number of hydrogen-bond acceptors (Lipinski definition) is 2. The monoisotopic (exact) mass is 325 g/mol. The van der Waals surface area contributed by atoms with Crippen LogP contribution in [-0.2, 0) is 6.54 Å². The van der Waals surface area contributed by atoms with Crippen molar-refractivity contribution >= 4 is 15.9 Å². The lowest BCUT2D eigenvalue weighted by molar-refractivity contribution is 0.240. The third-order valence-electron chi connectivity index (χ3n) is 3.82. The summed E-state index contributed by atoms with van der Waals surface area (Å²) in [4.78, 5) is 0.